The van der Waals surface area contributed by atoms with Gasteiger partial charge in [0.05, 0.1) is 4.90 Å². The highest BCUT2D eigenvalue weighted by Crippen LogP contribution is 2.29. The van der Waals surface area contributed by atoms with Crippen molar-refractivity contribution in [2.75, 3.05) is 6.26 Å². The Balaban J connectivity index is 2.45. The fourth-order valence-electron chi connectivity index (χ4n) is 1.52. The molecule has 0 atom stereocenters. The first-order valence-corrected chi connectivity index (χ1v) is 9.75. The molecule has 6 nitrogen and oxygen atoms in total. The van der Waals surface area contributed by atoms with Crippen molar-refractivity contribution in [3.05, 3.63) is 42.6 Å². The number of rotatable bonds is 4. The smallest absolute Gasteiger partial charge is 0.266 e. The van der Waals surface area contributed by atoms with E-state index >= 15 is 0 Å². The van der Waals surface area contributed by atoms with Crippen molar-refractivity contribution < 1.29 is 21.6 Å². The predicted octanol–water partition coefficient (Wildman–Crippen LogP) is 2.20. The summed E-state index contributed by atoms with van der Waals surface area (Å²) in [6, 6.07) is 8.27. The molecule has 2 aromatic rings. The zero-order valence-corrected chi connectivity index (χ0v) is 13.1. The molecule has 2 rings (SSSR count). The number of pyridine rings is 1. The Labute approximate surface area is 126 Å². The Bertz CT molecular complexity index is 878. The normalized spacial score (nSPS) is 12.1. The summed E-state index contributed by atoms with van der Waals surface area (Å²) in [5, 5.41) is 0. The van der Waals surface area contributed by atoms with Gasteiger partial charge in [-0.25, -0.2) is 21.8 Å². The number of sulfone groups is 1. The molecule has 0 fully saturated rings. The Morgan fingerprint density at radius 2 is 1.81 bits per heavy atom. The minimum Gasteiger partial charge on any atom is -0.438 e. The van der Waals surface area contributed by atoms with E-state index in [0.717, 1.165) is 6.26 Å². The molecule has 0 N–H and O–H groups in total. The standard InChI is InChI=1S/C12H10ClNO5S2/c1-20(15,16)10-5-2-4-9(8-10)19-12-11(21(13,17)18)6-3-7-14-12/h2-8H,1H3. The van der Waals surface area contributed by atoms with E-state index in [1.165, 1.54) is 42.6 Å². The van der Waals surface area contributed by atoms with Crippen LogP contribution in [0.1, 0.15) is 0 Å². The number of hydrogen-bond acceptors (Lipinski definition) is 6. The van der Waals surface area contributed by atoms with Crippen LogP contribution in [0.2, 0.25) is 0 Å². The molecule has 1 heterocycles. The highest BCUT2D eigenvalue weighted by Gasteiger charge is 2.18. The van der Waals surface area contributed by atoms with Crippen LogP contribution in [0.4, 0.5) is 0 Å². The van der Waals surface area contributed by atoms with Gasteiger partial charge in [-0.2, -0.15) is 0 Å². The van der Waals surface area contributed by atoms with Gasteiger partial charge in [0.2, 0.25) is 5.88 Å². The van der Waals surface area contributed by atoms with Crippen molar-refractivity contribution in [3.63, 3.8) is 0 Å². The summed E-state index contributed by atoms with van der Waals surface area (Å²) in [4.78, 5) is 3.55. The maximum atomic E-state index is 11.5. The largest absolute Gasteiger partial charge is 0.438 e. The predicted molar refractivity (Wildman–Crippen MR) is 76.9 cm³/mol. The number of hydrogen-bond donors (Lipinski definition) is 0. The molecule has 0 amide bonds. The molecule has 0 unspecified atom stereocenters. The molecule has 0 bridgehead atoms. The van der Waals surface area contributed by atoms with E-state index in [9.17, 15) is 16.8 Å². The first-order chi connectivity index (χ1) is 9.68. The van der Waals surface area contributed by atoms with Crippen molar-refractivity contribution in [1.29, 1.82) is 0 Å². The maximum absolute atomic E-state index is 11.5. The van der Waals surface area contributed by atoms with Crippen molar-refractivity contribution >= 4 is 29.6 Å². The van der Waals surface area contributed by atoms with E-state index in [1.54, 1.807) is 0 Å². The third-order valence-electron chi connectivity index (χ3n) is 2.45. The summed E-state index contributed by atoms with van der Waals surface area (Å²) in [7, 11) is -2.14. The molecule has 0 saturated heterocycles. The van der Waals surface area contributed by atoms with E-state index in [0.29, 0.717) is 0 Å². The minimum absolute atomic E-state index is 0.0474. The van der Waals surface area contributed by atoms with Crippen LogP contribution in [-0.2, 0) is 18.9 Å². The fraction of sp³-hybridized carbons (Fsp3) is 0.0833. The Hall–Kier alpha value is -1.64. The van der Waals surface area contributed by atoms with E-state index in [-0.39, 0.29) is 21.4 Å². The lowest BCUT2D eigenvalue weighted by molar-refractivity contribution is 0.446. The van der Waals surface area contributed by atoms with Crippen LogP contribution in [0.25, 0.3) is 0 Å². The first-order valence-electron chi connectivity index (χ1n) is 5.55. The monoisotopic (exact) mass is 347 g/mol. The van der Waals surface area contributed by atoms with Gasteiger partial charge < -0.3 is 4.74 Å². The molecule has 21 heavy (non-hydrogen) atoms. The molecule has 0 saturated carbocycles. The summed E-state index contributed by atoms with van der Waals surface area (Å²) in [5.41, 5.74) is 0. The van der Waals surface area contributed by atoms with Gasteiger partial charge in [0.25, 0.3) is 9.05 Å². The molecule has 0 radical (unpaired) electrons. The van der Waals surface area contributed by atoms with Gasteiger partial charge in [-0.15, -0.1) is 0 Å². The molecule has 0 aliphatic heterocycles. The number of ether oxygens (including phenoxy) is 1. The molecule has 1 aromatic heterocycles. The first kappa shape index (κ1) is 15.7. The lowest BCUT2D eigenvalue weighted by Gasteiger charge is -2.08. The molecule has 112 valence electrons. The van der Waals surface area contributed by atoms with Gasteiger partial charge in [0.1, 0.15) is 10.6 Å². The van der Waals surface area contributed by atoms with Crippen LogP contribution >= 0.6 is 10.7 Å². The lowest BCUT2D eigenvalue weighted by atomic mass is 10.3. The fourth-order valence-corrected chi connectivity index (χ4v) is 3.07. The summed E-state index contributed by atoms with van der Waals surface area (Å²) in [6.07, 6.45) is 2.39. The third kappa shape index (κ3) is 3.93. The summed E-state index contributed by atoms with van der Waals surface area (Å²) in [5.74, 6) is -0.0867. The van der Waals surface area contributed by atoms with E-state index < -0.39 is 18.9 Å². The van der Waals surface area contributed by atoms with Crippen LogP contribution in [-0.4, -0.2) is 28.1 Å². The molecular formula is C12H10ClNO5S2. The Morgan fingerprint density at radius 3 is 2.43 bits per heavy atom. The van der Waals surface area contributed by atoms with Crippen LogP contribution in [0, 0.1) is 0 Å². The lowest BCUT2D eigenvalue weighted by Crippen LogP contribution is -2.00. The zero-order valence-electron chi connectivity index (χ0n) is 10.7. The van der Waals surface area contributed by atoms with E-state index in [4.69, 9.17) is 15.4 Å². The highest BCUT2D eigenvalue weighted by molar-refractivity contribution is 8.13. The zero-order chi connectivity index (χ0) is 15.7. The van der Waals surface area contributed by atoms with Gasteiger partial charge in [0.15, 0.2) is 9.84 Å². The second-order valence-electron chi connectivity index (χ2n) is 4.09. The number of benzene rings is 1. The van der Waals surface area contributed by atoms with Crippen molar-refractivity contribution in [2.24, 2.45) is 0 Å². The highest BCUT2D eigenvalue weighted by atomic mass is 35.7. The summed E-state index contributed by atoms with van der Waals surface area (Å²) in [6.45, 7) is 0. The number of halogens is 1. The van der Waals surface area contributed by atoms with Crippen LogP contribution in [0.3, 0.4) is 0 Å². The van der Waals surface area contributed by atoms with Crippen LogP contribution in [0.15, 0.2) is 52.4 Å². The molecule has 1 aromatic carbocycles. The van der Waals surface area contributed by atoms with Gasteiger partial charge in [-0.1, -0.05) is 6.07 Å². The van der Waals surface area contributed by atoms with Gasteiger partial charge in [0, 0.05) is 23.1 Å². The van der Waals surface area contributed by atoms with Gasteiger partial charge >= 0.3 is 0 Å². The molecule has 0 aliphatic rings. The number of aromatic nitrogens is 1. The van der Waals surface area contributed by atoms with Gasteiger partial charge in [-0.3, -0.25) is 0 Å². The quantitative estimate of drug-likeness (QED) is 0.787. The maximum Gasteiger partial charge on any atom is 0.266 e. The Morgan fingerprint density at radius 1 is 1.10 bits per heavy atom. The average molecular weight is 348 g/mol. The molecule has 0 spiro atoms. The minimum atomic E-state index is -4.03. The third-order valence-corrected chi connectivity index (χ3v) is 4.89. The van der Waals surface area contributed by atoms with Crippen molar-refractivity contribution in [3.8, 4) is 11.6 Å². The molecule has 0 aliphatic carbocycles. The summed E-state index contributed by atoms with van der Waals surface area (Å²) >= 11 is 0. The SMILES string of the molecule is CS(=O)(=O)c1cccc(Oc2ncccc2S(=O)(=O)Cl)c1. The van der Waals surface area contributed by atoms with E-state index in [1.807, 2.05) is 0 Å². The number of nitrogens with zero attached hydrogens (tertiary/aromatic N) is 1. The van der Waals surface area contributed by atoms with Crippen LogP contribution in [0.5, 0.6) is 11.6 Å². The molecular weight excluding hydrogens is 338 g/mol. The Kier molecular flexibility index (Phi) is 4.22. The average Bonchev–Trinajstić information content (AvgIpc) is 2.37. The second kappa shape index (κ2) is 5.63. The van der Waals surface area contributed by atoms with Crippen LogP contribution < -0.4 is 4.74 Å². The van der Waals surface area contributed by atoms with Crippen molar-refractivity contribution in [1.82, 2.24) is 4.98 Å². The van der Waals surface area contributed by atoms with E-state index in [2.05, 4.69) is 4.98 Å². The summed E-state index contributed by atoms with van der Waals surface area (Å²) < 4.78 is 51.1. The van der Waals surface area contributed by atoms with Gasteiger partial charge in [-0.05, 0) is 30.3 Å². The topological polar surface area (TPSA) is 90.4 Å². The second-order valence-corrected chi connectivity index (χ2v) is 8.64. The van der Waals surface area contributed by atoms with Crippen molar-refractivity contribution in [2.45, 2.75) is 9.79 Å². The molecule has 9 heteroatoms.